The lowest BCUT2D eigenvalue weighted by molar-refractivity contribution is 0.417. The maximum absolute atomic E-state index is 5.88. The molecule has 7 heteroatoms. The molecule has 0 fully saturated rings. The van der Waals surface area contributed by atoms with Crippen LogP contribution in [0.4, 0.5) is 11.5 Å². The molecule has 7 nitrogen and oxygen atoms in total. The standard InChI is InChI=1S/C13H14N6O/c1-20-10-3-2-8(4-9(10)14)5-15-12-11-13(17-6-16-11)19-7-18-12/h2-4,6-7H,5,14H2,1H3,(H2,15,16,17,18,19). The van der Waals surface area contributed by atoms with Crippen LogP contribution in [0.1, 0.15) is 5.56 Å². The lowest BCUT2D eigenvalue weighted by atomic mass is 10.2. The Balaban J connectivity index is 1.79. The van der Waals surface area contributed by atoms with Crippen molar-refractivity contribution in [3.8, 4) is 5.75 Å². The number of aromatic nitrogens is 4. The van der Waals surface area contributed by atoms with Crippen LogP contribution in [0.2, 0.25) is 0 Å². The molecule has 3 rings (SSSR count). The Bertz CT molecular complexity index is 739. The number of hydrogen-bond acceptors (Lipinski definition) is 6. The first-order valence-corrected chi connectivity index (χ1v) is 6.08. The number of fused-ring (bicyclic) bond motifs is 1. The minimum absolute atomic E-state index is 0.597. The van der Waals surface area contributed by atoms with Gasteiger partial charge in [0.1, 0.15) is 17.6 Å². The molecule has 0 bridgehead atoms. The van der Waals surface area contributed by atoms with E-state index in [0.29, 0.717) is 29.4 Å². The zero-order valence-electron chi connectivity index (χ0n) is 10.9. The summed E-state index contributed by atoms with van der Waals surface area (Å²) in [5.41, 5.74) is 8.95. The molecule has 2 heterocycles. The highest BCUT2D eigenvalue weighted by molar-refractivity contribution is 5.81. The molecular weight excluding hydrogens is 256 g/mol. The molecule has 102 valence electrons. The first-order chi connectivity index (χ1) is 9.78. The number of nitrogens with one attached hydrogen (secondary N) is 2. The Morgan fingerprint density at radius 2 is 2.20 bits per heavy atom. The maximum atomic E-state index is 5.88. The van der Waals surface area contributed by atoms with Crippen molar-refractivity contribution in [3.05, 3.63) is 36.4 Å². The summed E-state index contributed by atoms with van der Waals surface area (Å²) in [5.74, 6) is 1.38. The lowest BCUT2D eigenvalue weighted by Crippen LogP contribution is -2.03. The highest BCUT2D eigenvalue weighted by atomic mass is 16.5. The molecule has 0 spiro atoms. The summed E-state index contributed by atoms with van der Waals surface area (Å²) in [6.45, 7) is 0.597. The number of H-pyrrole nitrogens is 1. The van der Waals surface area contributed by atoms with Crippen LogP contribution in [0.15, 0.2) is 30.9 Å². The van der Waals surface area contributed by atoms with Crippen molar-refractivity contribution in [2.45, 2.75) is 6.54 Å². The second kappa shape index (κ2) is 5.04. The van der Waals surface area contributed by atoms with Crippen molar-refractivity contribution in [2.24, 2.45) is 0 Å². The number of benzene rings is 1. The number of methoxy groups -OCH3 is 1. The molecule has 0 aliphatic heterocycles. The van der Waals surface area contributed by atoms with Gasteiger partial charge in [-0.2, -0.15) is 0 Å². The first-order valence-electron chi connectivity index (χ1n) is 6.08. The molecule has 4 N–H and O–H groups in total. The molecule has 20 heavy (non-hydrogen) atoms. The molecule has 0 unspecified atom stereocenters. The van der Waals surface area contributed by atoms with Crippen LogP contribution >= 0.6 is 0 Å². The molecule has 0 amide bonds. The van der Waals surface area contributed by atoms with Crippen molar-refractivity contribution in [1.29, 1.82) is 0 Å². The number of nitrogens with two attached hydrogens (primary N) is 1. The molecule has 0 radical (unpaired) electrons. The largest absolute Gasteiger partial charge is 0.495 e. The van der Waals surface area contributed by atoms with Gasteiger partial charge in [0, 0.05) is 6.54 Å². The van der Waals surface area contributed by atoms with Crippen LogP contribution < -0.4 is 15.8 Å². The fourth-order valence-corrected chi connectivity index (χ4v) is 1.98. The van der Waals surface area contributed by atoms with Crippen LogP contribution in [0.5, 0.6) is 5.75 Å². The first kappa shape index (κ1) is 12.2. The highest BCUT2D eigenvalue weighted by Crippen LogP contribution is 2.22. The Kier molecular flexibility index (Phi) is 3.08. The molecule has 1 aromatic carbocycles. The molecule has 0 aliphatic rings. The number of ether oxygens (including phenoxy) is 1. The van der Waals surface area contributed by atoms with Gasteiger partial charge >= 0.3 is 0 Å². The monoisotopic (exact) mass is 270 g/mol. The van der Waals surface area contributed by atoms with Gasteiger partial charge < -0.3 is 20.8 Å². The zero-order chi connectivity index (χ0) is 13.9. The Hall–Kier alpha value is -2.83. The summed E-state index contributed by atoms with van der Waals surface area (Å²) in [5, 5.41) is 3.24. The van der Waals surface area contributed by atoms with E-state index in [1.54, 1.807) is 13.4 Å². The number of anilines is 2. The van der Waals surface area contributed by atoms with Gasteiger partial charge in [-0.15, -0.1) is 0 Å². The van der Waals surface area contributed by atoms with E-state index >= 15 is 0 Å². The average molecular weight is 270 g/mol. The summed E-state index contributed by atoms with van der Waals surface area (Å²) in [6.07, 6.45) is 3.07. The summed E-state index contributed by atoms with van der Waals surface area (Å²) in [6, 6.07) is 5.67. The predicted molar refractivity (Wildman–Crippen MR) is 76.4 cm³/mol. The van der Waals surface area contributed by atoms with E-state index in [1.165, 1.54) is 6.33 Å². The highest BCUT2D eigenvalue weighted by Gasteiger charge is 2.06. The van der Waals surface area contributed by atoms with E-state index in [1.807, 2.05) is 18.2 Å². The van der Waals surface area contributed by atoms with E-state index in [2.05, 4.69) is 25.3 Å². The molecule has 0 atom stereocenters. The minimum Gasteiger partial charge on any atom is -0.495 e. The van der Waals surface area contributed by atoms with Gasteiger partial charge in [-0.1, -0.05) is 6.07 Å². The van der Waals surface area contributed by atoms with Gasteiger partial charge in [0.05, 0.1) is 19.1 Å². The molecule has 0 saturated heterocycles. The number of imidazole rings is 1. The van der Waals surface area contributed by atoms with E-state index in [4.69, 9.17) is 10.5 Å². The third-order valence-electron chi connectivity index (χ3n) is 2.98. The summed E-state index contributed by atoms with van der Waals surface area (Å²) in [7, 11) is 1.60. The van der Waals surface area contributed by atoms with Gasteiger partial charge in [0.2, 0.25) is 0 Å². The van der Waals surface area contributed by atoms with Gasteiger partial charge in [-0.3, -0.25) is 0 Å². The normalized spacial score (nSPS) is 10.7. The van der Waals surface area contributed by atoms with E-state index in [9.17, 15) is 0 Å². The fourth-order valence-electron chi connectivity index (χ4n) is 1.98. The molecule has 2 aromatic heterocycles. The molecule has 0 aliphatic carbocycles. The van der Waals surface area contributed by atoms with Crippen molar-refractivity contribution in [3.63, 3.8) is 0 Å². The topological polar surface area (TPSA) is 102 Å². The Labute approximate surface area is 115 Å². The second-order valence-corrected chi connectivity index (χ2v) is 4.25. The number of hydrogen-bond donors (Lipinski definition) is 3. The minimum atomic E-state index is 0.597. The van der Waals surface area contributed by atoms with E-state index < -0.39 is 0 Å². The third kappa shape index (κ3) is 2.20. The van der Waals surface area contributed by atoms with Crippen LogP contribution in [-0.2, 0) is 6.54 Å². The Morgan fingerprint density at radius 3 is 3.00 bits per heavy atom. The quantitative estimate of drug-likeness (QED) is 0.622. The van der Waals surface area contributed by atoms with Gasteiger partial charge in [0.15, 0.2) is 11.5 Å². The predicted octanol–water partition coefficient (Wildman–Crippen LogP) is 1.56. The molecule has 0 saturated carbocycles. The Morgan fingerprint density at radius 1 is 1.30 bits per heavy atom. The maximum Gasteiger partial charge on any atom is 0.182 e. The zero-order valence-corrected chi connectivity index (χ0v) is 10.9. The van der Waals surface area contributed by atoms with Crippen LogP contribution in [0, 0.1) is 0 Å². The van der Waals surface area contributed by atoms with E-state index in [-0.39, 0.29) is 0 Å². The molecule has 3 aromatic rings. The van der Waals surface area contributed by atoms with Crippen LogP contribution in [0.3, 0.4) is 0 Å². The third-order valence-corrected chi connectivity index (χ3v) is 2.98. The number of rotatable bonds is 4. The average Bonchev–Trinajstić information content (AvgIpc) is 2.94. The summed E-state index contributed by atoms with van der Waals surface area (Å²) < 4.78 is 5.13. The van der Waals surface area contributed by atoms with Crippen molar-refractivity contribution in [1.82, 2.24) is 19.9 Å². The molecular formula is C13H14N6O. The SMILES string of the molecule is COc1ccc(CNc2ncnc3nc[nH]c23)cc1N. The fraction of sp³-hybridized carbons (Fsp3) is 0.154. The van der Waals surface area contributed by atoms with Gasteiger partial charge in [-0.05, 0) is 17.7 Å². The number of nitrogen functional groups attached to an aromatic ring is 1. The number of nitrogens with zero attached hydrogens (tertiary/aromatic N) is 3. The summed E-state index contributed by atoms with van der Waals surface area (Å²) >= 11 is 0. The van der Waals surface area contributed by atoms with E-state index in [0.717, 1.165) is 11.1 Å². The summed E-state index contributed by atoms with van der Waals surface area (Å²) in [4.78, 5) is 15.4. The van der Waals surface area contributed by atoms with Gasteiger partial charge in [-0.25, -0.2) is 15.0 Å². The smallest absolute Gasteiger partial charge is 0.182 e. The van der Waals surface area contributed by atoms with Crippen molar-refractivity contribution < 1.29 is 4.74 Å². The van der Waals surface area contributed by atoms with Crippen LogP contribution in [0.25, 0.3) is 11.2 Å². The van der Waals surface area contributed by atoms with Crippen molar-refractivity contribution in [2.75, 3.05) is 18.2 Å². The second-order valence-electron chi connectivity index (χ2n) is 4.25. The van der Waals surface area contributed by atoms with Crippen LogP contribution in [-0.4, -0.2) is 27.0 Å². The number of aromatic amines is 1. The van der Waals surface area contributed by atoms with Crippen molar-refractivity contribution >= 4 is 22.7 Å². The van der Waals surface area contributed by atoms with Gasteiger partial charge in [0.25, 0.3) is 0 Å². The lowest BCUT2D eigenvalue weighted by Gasteiger charge is -2.09.